The summed E-state index contributed by atoms with van der Waals surface area (Å²) in [6, 6.07) is 7.60. The van der Waals surface area contributed by atoms with Crippen molar-refractivity contribution in [3.8, 4) is 0 Å². The summed E-state index contributed by atoms with van der Waals surface area (Å²) in [6.07, 6.45) is 3.53. The van der Waals surface area contributed by atoms with Gasteiger partial charge in [0.1, 0.15) is 12.8 Å². The Morgan fingerprint density at radius 3 is 2.84 bits per heavy atom. The van der Waals surface area contributed by atoms with E-state index in [1.807, 2.05) is 42.0 Å². The molecule has 2 aromatic heterocycles. The Balaban J connectivity index is 1.97. The molecule has 3 aromatic rings. The summed E-state index contributed by atoms with van der Waals surface area (Å²) in [7, 11) is 0. The number of benzene rings is 1. The van der Waals surface area contributed by atoms with E-state index in [0.29, 0.717) is 23.9 Å². The number of carbonyl (C=O) groups excluding carboxylic acids is 1. The van der Waals surface area contributed by atoms with Crippen LogP contribution in [0.15, 0.2) is 34.9 Å². The maximum Gasteiger partial charge on any atom is 0.236 e. The number of aromatic nitrogens is 3. The largest absolute Gasteiger partial charge is 0.423 e. The second kappa shape index (κ2) is 4.68. The first-order chi connectivity index (χ1) is 9.30. The average molecular weight is 255 g/mol. The van der Waals surface area contributed by atoms with E-state index in [4.69, 9.17) is 4.42 Å². The lowest BCUT2D eigenvalue weighted by molar-refractivity contribution is 0.112. The molecule has 0 atom stereocenters. The van der Waals surface area contributed by atoms with Crippen LogP contribution in [0.1, 0.15) is 29.1 Å². The molecule has 0 spiro atoms. The van der Waals surface area contributed by atoms with Crippen molar-refractivity contribution in [3.05, 3.63) is 47.8 Å². The SMILES string of the molecule is CCc1nnc(Cn2ccc3ccc(C=O)cc32)o1. The molecule has 0 amide bonds. The maximum atomic E-state index is 10.8. The molecule has 0 bridgehead atoms. The Labute approximate surface area is 109 Å². The van der Waals surface area contributed by atoms with Crippen LogP contribution in [0.5, 0.6) is 0 Å². The van der Waals surface area contributed by atoms with Crippen molar-refractivity contribution >= 4 is 17.2 Å². The average Bonchev–Trinajstić information content (AvgIpc) is 3.06. The molecule has 5 nitrogen and oxygen atoms in total. The van der Waals surface area contributed by atoms with Gasteiger partial charge in [-0.1, -0.05) is 19.1 Å². The van der Waals surface area contributed by atoms with Gasteiger partial charge in [-0.2, -0.15) is 0 Å². The van der Waals surface area contributed by atoms with E-state index in [9.17, 15) is 4.79 Å². The van der Waals surface area contributed by atoms with E-state index >= 15 is 0 Å². The second-order valence-corrected chi connectivity index (χ2v) is 4.32. The van der Waals surface area contributed by atoms with Crippen LogP contribution in [0, 0.1) is 0 Å². The van der Waals surface area contributed by atoms with Crippen LogP contribution >= 0.6 is 0 Å². The highest BCUT2D eigenvalue weighted by Gasteiger charge is 2.08. The van der Waals surface area contributed by atoms with Crippen LogP contribution in [0.2, 0.25) is 0 Å². The topological polar surface area (TPSA) is 60.9 Å². The first-order valence-electron chi connectivity index (χ1n) is 6.15. The van der Waals surface area contributed by atoms with Crippen LogP contribution in [-0.4, -0.2) is 21.1 Å². The predicted octanol–water partition coefficient (Wildman–Crippen LogP) is 2.45. The van der Waals surface area contributed by atoms with E-state index in [1.165, 1.54) is 0 Å². The predicted molar refractivity (Wildman–Crippen MR) is 70.1 cm³/mol. The molecule has 0 aliphatic carbocycles. The molecule has 96 valence electrons. The molecule has 0 fully saturated rings. The zero-order valence-corrected chi connectivity index (χ0v) is 10.5. The van der Waals surface area contributed by atoms with E-state index in [2.05, 4.69) is 10.2 Å². The minimum Gasteiger partial charge on any atom is -0.423 e. The number of aryl methyl sites for hydroxylation is 1. The number of hydrogen-bond acceptors (Lipinski definition) is 4. The van der Waals surface area contributed by atoms with E-state index in [0.717, 1.165) is 23.6 Å². The lowest BCUT2D eigenvalue weighted by Gasteiger charge is -2.02. The van der Waals surface area contributed by atoms with Gasteiger partial charge in [-0.3, -0.25) is 4.79 Å². The van der Waals surface area contributed by atoms with Gasteiger partial charge < -0.3 is 8.98 Å². The molecule has 0 saturated carbocycles. The molecule has 2 heterocycles. The Morgan fingerprint density at radius 1 is 1.26 bits per heavy atom. The van der Waals surface area contributed by atoms with Gasteiger partial charge in [-0.25, -0.2) is 0 Å². The third-order valence-electron chi connectivity index (χ3n) is 3.05. The van der Waals surface area contributed by atoms with Crippen LogP contribution < -0.4 is 0 Å². The summed E-state index contributed by atoms with van der Waals surface area (Å²) >= 11 is 0. The molecule has 0 aliphatic rings. The Bertz CT molecular complexity index is 727. The lowest BCUT2D eigenvalue weighted by Crippen LogP contribution is -1.98. The van der Waals surface area contributed by atoms with E-state index in [1.54, 1.807) is 0 Å². The number of carbonyl (C=O) groups is 1. The molecular formula is C14H13N3O2. The third kappa shape index (κ3) is 2.14. The molecule has 5 heteroatoms. The van der Waals surface area contributed by atoms with Gasteiger partial charge in [-0.15, -0.1) is 10.2 Å². The summed E-state index contributed by atoms with van der Waals surface area (Å²) in [6.45, 7) is 2.48. The van der Waals surface area contributed by atoms with Gasteiger partial charge in [0, 0.05) is 23.7 Å². The van der Waals surface area contributed by atoms with Gasteiger partial charge in [0.2, 0.25) is 11.8 Å². The van der Waals surface area contributed by atoms with Gasteiger partial charge in [0.05, 0.1) is 0 Å². The summed E-state index contributed by atoms with van der Waals surface area (Å²) in [4.78, 5) is 10.8. The van der Waals surface area contributed by atoms with Crippen molar-refractivity contribution in [2.75, 3.05) is 0 Å². The first kappa shape index (κ1) is 11.6. The number of aldehydes is 1. The van der Waals surface area contributed by atoms with Crippen LogP contribution in [0.25, 0.3) is 10.9 Å². The standard InChI is InChI=1S/C14H13N3O2/c1-2-13-15-16-14(19-13)8-17-6-5-11-4-3-10(9-18)7-12(11)17/h3-7,9H,2,8H2,1H3. The zero-order valence-electron chi connectivity index (χ0n) is 10.5. The number of hydrogen-bond donors (Lipinski definition) is 0. The van der Waals surface area contributed by atoms with Crippen molar-refractivity contribution in [3.63, 3.8) is 0 Å². The fourth-order valence-corrected chi connectivity index (χ4v) is 2.05. The highest BCUT2D eigenvalue weighted by Crippen LogP contribution is 2.18. The fourth-order valence-electron chi connectivity index (χ4n) is 2.05. The van der Waals surface area contributed by atoms with Crippen molar-refractivity contribution in [2.24, 2.45) is 0 Å². The molecule has 3 rings (SSSR count). The molecule has 0 aliphatic heterocycles. The lowest BCUT2D eigenvalue weighted by atomic mass is 10.2. The molecule has 19 heavy (non-hydrogen) atoms. The van der Waals surface area contributed by atoms with Crippen molar-refractivity contribution < 1.29 is 9.21 Å². The van der Waals surface area contributed by atoms with Crippen molar-refractivity contribution in [2.45, 2.75) is 19.9 Å². The molecule has 0 radical (unpaired) electrons. The normalized spacial score (nSPS) is 11.0. The van der Waals surface area contributed by atoms with Crippen LogP contribution in [0.4, 0.5) is 0 Å². The second-order valence-electron chi connectivity index (χ2n) is 4.32. The van der Waals surface area contributed by atoms with Gasteiger partial charge in [0.25, 0.3) is 0 Å². The smallest absolute Gasteiger partial charge is 0.236 e. The third-order valence-corrected chi connectivity index (χ3v) is 3.05. The minimum absolute atomic E-state index is 0.513. The van der Waals surface area contributed by atoms with Gasteiger partial charge in [0.15, 0.2) is 0 Å². The number of nitrogens with zero attached hydrogens (tertiary/aromatic N) is 3. The van der Waals surface area contributed by atoms with Crippen molar-refractivity contribution in [1.82, 2.24) is 14.8 Å². The Morgan fingerprint density at radius 2 is 2.11 bits per heavy atom. The summed E-state index contributed by atoms with van der Waals surface area (Å²) in [5, 5.41) is 9.03. The summed E-state index contributed by atoms with van der Waals surface area (Å²) in [5.41, 5.74) is 1.65. The minimum atomic E-state index is 0.513. The monoisotopic (exact) mass is 255 g/mol. The molecule has 0 unspecified atom stereocenters. The van der Waals surface area contributed by atoms with Gasteiger partial charge >= 0.3 is 0 Å². The highest BCUT2D eigenvalue weighted by atomic mass is 16.4. The van der Waals surface area contributed by atoms with E-state index in [-0.39, 0.29) is 0 Å². The number of fused-ring (bicyclic) bond motifs is 1. The highest BCUT2D eigenvalue weighted by molar-refractivity contribution is 5.87. The van der Waals surface area contributed by atoms with Gasteiger partial charge in [-0.05, 0) is 17.5 Å². The summed E-state index contributed by atoms with van der Waals surface area (Å²) in [5.74, 6) is 1.21. The Hall–Kier alpha value is -2.43. The van der Waals surface area contributed by atoms with E-state index < -0.39 is 0 Å². The molecule has 1 aromatic carbocycles. The quantitative estimate of drug-likeness (QED) is 0.672. The molecule has 0 saturated heterocycles. The summed E-state index contributed by atoms with van der Waals surface area (Å²) < 4.78 is 7.49. The Kier molecular flexibility index (Phi) is 2.87. The van der Waals surface area contributed by atoms with Crippen LogP contribution in [0.3, 0.4) is 0 Å². The molecular weight excluding hydrogens is 242 g/mol. The van der Waals surface area contributed by atoms with Crippen LogP contribution in [-0.2, 0) is 13.0 Å². The molecule has 0 N–H and O–H groups in total. The number of rotatable bonds is 4. The zero-order chi connectivity index (χ0) is 13.2. The van der Waals surface area contributed by atoms with Crippen molar-refractivity contribution in [1.29, 1.82) is 0 Å². The first-order valence-corrected chi connectivity index (χ1v) is 6.15. The fraction of sp³-hybridized carbons (Fsp3) is 0.214. The maximum absolute atomic E-state index is 10.8.